The number of nitrogens with zero attached hydrogens (tertiary/aromatic N) is 3. The molecule has 0 radical (unpaired) electrons. The number of benzene rings is 1. The topological polar surface area (TPSA) is 106 Å². The van der Waals surface area contributed by atoms with Gasteiger partial charge in [-0.15, -0.1) is 0 Å². The number of rotatable bonds is 4. The molecule has 1 aliphatic carbocycles. The molecule has 1 amide bonds. The van der Waals surface area contributed by atoms with Gasteiger partial charge in [0.1, 0.15) is 0 Å². The first-order valence-corrected chi connectivity index (χ1v) is 11.9. The fourth-order valence-corrected chi connectivity index (χ4v) is 5.72. The molecular formula is C21H22N4O3S2. The molecule has 0 bridgehead atoms. The third-order valence-corrected chi connectivity index (χ3v) is 8.15. The number of aromatic nitrogens is 2. The second kappa shape index (κ2) is 7.90. The van der Waals surface area contributed by atoms with Crippen LogP contribution in [0.15, 0.2) is 46.8 Å². The van der Waals surface area contributed by atoms with E-state index in [0.717, 1.165) is 41.0 Å². The van der Waals surface area contributed by atoms with Crippen LogP contribution in [0.1, 0.15) is 23.2 Å². The molecule has 0 aliphatic heterocycles. The molecule has 4 rings (SSSR count). The third kappa shape index (κ3) is 4.00. The first-order valence-electron chi connectivity index (χ1n) is 9.55. The molecule has 30 heavy (non-hydrogen) atoms. The van der Waals surface area contributed by atoms with Crippen LogP contribution in [0, 0.1) is 12.8 Å². The van der Waals surface area contributed by atoms with E-state index in [1.807, 2.05) is 18.2 Å². The molecule has 2 N–H and O–H groups in total. The van der Waals surface area contributed by atoms with Crippen LogP contribution in [0.25, 0.3) is 11.3 Å². The molecule has 0 fully saturated rings. The first kappa shape index (κ1) is 20.6. The summed E-state index contributed by atoms with van der Waals surface area (Å²) in [5.41, 5.74) is 4.65. The van der Waals surface area contributed by atoms with E-state index < -0.39 is 10.0 Å². The Balaban J connectivity index is 1.56. The quantitative estimate of drug-likeness (QED) is 0.669. The molecular weight excluding hydrogens is 420 g/mol. The van der Waals surface area contributed by atoms with Gasteiger partial charge in [-0.05, 0) is 55.5 Å². The lowest BCUT2D eigenvalue weighted by atomic mass is 9.82. The summed E-state index contributed by atoms with van der Waals surface area (Å²) >= 11 is 0.925. The van der Waals surface area contributed by atoms with Crippen LogP contribution in [0.5, 0.6) is 0 Å². The zero-order chi connectivity index (χ0) is 21.5. The van der Waals surface area contributed by atoms with Crippen molar-refractivity contribution in [3.63, 3.8) is 0 Å². The van der Waals surface area contributed by atoms with Crippen molar-refractivity contribution in [1.82, 2.24) is 9.97 Å². The largest absolute Gasteiger partial charge is 0.291 e. The molecule has 156 valence electrons. The van der Waals surface area contributed by atoms with Crippen molar-refractivity contribution in [1.29, 1.82) is 0 Å². The summed E-state index contributed by atoms with van der Waals surface area (Å²) in [7, 11) is -2.22. The van der Waals surface area contributed by atoms with Gasteiger partial charge in [-0.3, -0.25) is 14.7 Å². The first-order chi connectivity index (χ1) is 14.2. The Morgan fingerprint density at radius 3 is 2.70 bits per heavy atom. The molecule has 1 unspecified atom stereocenters. The highest BCUT2D eigenvalue weighted by atomic mass is 32.2. The molecule has 0 saturated carbocycles. The monoisotopic (exact) mass is 442 g/mol. The summed E-state index contributed by atoms with van der Waals surface area (Å²) in [5, 5.41) is 5.58. The second-order valence-corrected chi connectivity index (χ2v) is 10.2. The highest BCUT2D eigenvalue weighted by Crippen LogP contribution is 2.33. The minimum Gasteiger partial charge on any atom is -0.291 e. The molecule has 2 aromatic heterocycles. The molecule has 7 nitrogen and oxygen atoms in total. The molecule has 0 saturated heterocycles. The van der Waals surface area contributed by atoms with Crippen molar-refractivity contribution in [2.75, 3.05) is 11.9 Å². The molecule has 3 aromatic rings. The number of hydrogen-bond donors (Lipinski definition) is 1. The van der Waals surface area contributed by atoms with Crippen LogP contribution < -0.4 is 10.0 Å². The number of amides is 1. The Labute approximate surface area is 179 Å². The van der Waals surface area contributed by atoms with Gasteiger partial charge in [-0.1, -0.05) is 29.5 Å². The predicted octanol–water partition coefficient (Wildman–Crippen LogP) is 2.93. The van der Waals surface area contributed by atoms with Crippen molar-refractivity contribution in [3.8, 4) is 11.3 Å². The SMILES string of the molecule is Cc1nc(N(C)C(=O)C2CCc3ccc(-c4ccccn4)cc3C2)sc1S(N)(=O)=O. The molecule has 1 aromatic carbocycles. The number of sulfonamides is 1. The normalized spacial score (nSPS) is 16.2. The molecule has 1 atom stereocenters. The summed E-state index contributed by atoms with van der Waals surface area (Å²) in [6, 6.07) is 12.1. The maximum atomic E-state index is 13.1. The van der Waals surface area contributed by atoms with E-state index >= 15 is 0 Å². The van der Waals surface area contributed by atoms with Crippen LogP contribution in [0.4, 0.5) is 5.13 Å². The molecule has 0 spiro atoms. The van der Waals surface area contributed by atoms with Gasteiger partial charge in [0.2, 0.25) is 15.9 Å². The number of primary sulfonamides is 1. The number of carbonyl (C=O) groups is 1. The van der Waals surface area contributed by atoms with E-state index in [-0.39, 0.29) is 16.0 Å². The van der Waals surface area contributed by atoms with Crippen molar-refractivity contribution < 1.29 is 13.2 Å². The zero-order valence-electron chi connectivity index (χ0n) is 16.7. The average molecular weight is 443 g/mol. The number of thiazole rings is 1. The summed E-state index contributed by atoms with van der Waals surface area (Å²) in [6.45, 7) is 1.58. The Morgan fingerprint density at radius 2 is 2.03 bits per heavy atom. The van der Waals surface area contributed by atoms with E-state index in [0.29, 0.717) is 17.2 Å². The van der Waals surface area contributed by atoms with E-state index in [4.69, 9.17) is 5.14 Å². The summed E-state index contributed by atoms with van der Waals surface area (Å²) in [6.07, 6.45) is 3.96. The Kier molecular flexibility index (Phi) is 5.44. The zero-order valence-corrected chi connectivity index (χ0v) is 18.3. The average Bonchev–Trinajstić information content (AvgIpc) is 3.14. The number of hydrogen-bond acceptors (Lipinski definition) is 6. The van der Waals surface area contributed by atoms with Gasteiger partial charge in [0.25, 0.3) is 0 Å². The van der Waals surface area contributed by atoms with E-state index in [9.17, 15) is 13.2 Å². The third-order valence-electron chi connectivity index (χ3n) is 5.36. The van der Waals surface area contributed by atoms with Crippen LogP contribution in [0.2, 0.25) is 0 Å². The minimum atomic E-state index is -3.86. The van der Waals surface area contributed by atoms with Crippen LogP contribution in [-0.2, 0) is 27.7 Å². The van der Waals surface area contributed by atoms with Gasteiger partial charge in [-0.25, -0.2) is 18.5 Å². The summed E-state index contributed by atoms with van der Waals surface area (Å²) < 4.78 is 23.4. The van der Waals surface area contributed by atoms with Gasteiger partial charge in [-0.2, -0.15) is 0 Å². The minimum absolute atomic E-state index is 0.00820. The fraction of sp³-hybridized carbons (Fsp3) is 0.286. The lowest BCUT2D eigenvalue weighted by molar-refractivity contribution is -0.122. The maximum absolute atomic E-state index is 13.1. The van der Waals surface area contributed by atoms with Crippen molar-refractivity contribution in [2.45, 2.75) is 30.4 Å². The number of carbonyl (C=O) groups excluding carboxylic acids is 1. The van der Waals surface area contributed by atoms with E-state index in [1.165, 1.54) is 10.5 Å². The van der Waals surface area contributed by atoms with Crippen LogP contribution >= 0.6 is 11.3 Å². The lowest BCUT2D eigenvalue weighted by Gasteiger charge is -2.27. The van der Waals surface area contributed by atoms with Crippen molar-refractivity contribution in [2.24, 2.45) is 11.1 Å². The predicted molar refractivity (Wildman–Crippen MR) is 117 cm³/mol. The lowest BCUT2D eigenvalue weighted by Crippen LogP contribution is -2.35. The molecule has 2 heterocycles. The van der Waals surface area contributed by atoms with Gasteiger partial charge in [0.15, 0.2) is 9.34 Å². The van der Waals surface area contributed by atoms with Gasteiger partial charge >= 0.3 is 0 Å². The summed E-state index contributed by atoms with van der Waals surface area (Å²) in [4.78, 5) is 23.2. The van der Waals surface area contributed by atoms with Crippen molar-refractivity contribution >= 4 is 32.4 Å². The number of nitrogens with two attached hydrogens (primary N) is 1. The Morgan fingerprint density at radius 1 is 1.23 bits per heavy atom. The standard InChI is InChI=1S/C21H22N4O3S2/c1-13-20(30(22,27)28)29-21(24-13)25(2)19(26)16-9-7-14-6-8-15(11-17(14)12-16)18-5-3-4-10-23-18/h3-6,8,10-11,16H,7,9,12H2,1-2H3,(H2,22,27,28). The number of aryl methyl sites for hydroxylation is 2. The molecule has 9 heteroatoms. The highest BCUT2D eigenvalue weighted by Gasteiger charge is 2.30. The van der Waals surface area contributed by atoms with Crippen LogP contribution in [-0.4, -0.2) is 31.3 Å². The number of pyridine rings is 1. The highest BCUT2D eigenvalue weighted by molar-refractivity contribution is 7.91. The smallest absolute Gasteiger partial charge is 0.249 e. The Bertz CT molecular complexity index is 1210. The van der Waals surface area contributed by atoms with Crippen molar-refractivity contribution in [3.05, 3.63) is 59.4 Å². The van der Waals surface area contributed by atoms with Gasteiger partial charge < -0.3 is 0 Å². The second-order valence-electron chi connectivity index (χ2n) is 7.45. The number of anilines is 1. The Hall–Kier alpha value is -2.62. The maximum Gasteiger partial charge on any atom is 0.249 e. The summed E-state index contributed by atoms with van der Waals surface area (Å²) in [5.74, 6) is -0.262. The number of fused-ring (bicyclic) bond motifs is 1. The molecule has 1 aliphatic rings. The van der Waals surface area contributed by atoms with E-state index in [2.05, 4.69) is 28.2 Å². The van der Waals surface area contributed by atoms with E-state index in [1.54, 1.807) is 20.2 Å². The van der Waals surface area contributed by atoms with Gasteiger partial charge in [0.05, 0.1) is 11.4 Å². The van der Waals surface area contributed by atoms with Gasteiger partial charge in [0, 0.05) is 24.7 Å². The fourth-order valence-electron chi connectivity index (χ4n) is 3.80. The van der Waals surface area contributed by atoms with Crippen LogP contribution in [0.3, 0.4) is 0 Å².